The molecule has 0 unspecified atom stereocenters. The largest absolute Gasteiger partial charge is 0.507 e. The van der Waals surface area contributed by atoms with E-state index in [1.165, 1.54) is 23.3 Å². The van der Waals surface area contributed by atoms with Crippen LogP contribution >= 0.6 is 11.3 Å². The number of hydrogen-bond acceptors (Lipinski definition) is 7. The zero-order chi connectivity index (χ0) is 23.8. The van der Waals surface area contributed by atoms with Crippen molar-refractivity contribution in [2.75, 3.05) is 19.1 Å². The third-order valence-electron chi connectivity index (χ3n) is 5.72. The van der Waals surface area contributed by atoms with Crippen molar-refractivity contribution in [3.8, 4) is 11.5 Å². The van der Waals surface area contributed by atoms with Crippen molar-refractivity contribution in [1.82, 2.24) is 4.98 Å². The highest BCUT2D eigenvalue weighted by Crippen LogP contribution is 2.46. The van der Waals surface area contributed by atoms with Crippen LogP contribution in [0.3, 0.4) is 0 Å². The van der Waals surface area contributed by atoms with E-state index in [1.807, 2.05) is 12.1 Å². The van der Waals surface area contributed by atoms with Crippen molar-refractivity contribution < 1.29 is 24.2 Å². The first-order chi connectivity index (χ1) is 16.5. The number of aliphatic hydroxyl groups is 1. The van der Waals surface area contributed by atoms with Crippen LogP contribution in [0.1, 0.15) is 17.2 Å². The Hall–Kier alpha value is -4.17. The number of nitrogens with zero attached hydrogens (tertiary/aromatic N) is 2. The van der Waals surface area contributed by atoms with Gasteiger partial charge in [0.1, 0.15) is 23.3 Å². The van der Waals surface area contributed by atoms with E-state index in [-0.39, 0.29) is 11.3 Å². The van der Waals surface area contributed by atoms with Gasteiger partial charge in [0, 0.05) is 11.1 Å². The summed E-state index contributed by atoms with van der Waals surface area (Å²) in [5.41, 5.74) is 1.66. The number of carbonyl (C=O) groups is 2. The lowest BCUT2D eigenvalue weighted by atomic mass is 9.95. The Balaban J connectivity index is 1.75. The molecule has 3 aromatic carbocycles. The summed E-state index contributed by atoms with van der Waals surface area (Å²) in [5, 5.41) is 11.5. The molecule has 1 atom stereocenters. The van der Waals surface area contributed by atoms with E-state index in [0.29, 0.717) is 33.3 Å². The maximum Gasteiger partial charge on any atom is 0.301 e. The maximum atomic E-state index is 13.4. The van der Waals surface area contributed by atoms with Crippen LogP contribution in [0.25, 0.3) is 16.0 Å². The Bertz CT molecular complexity index is 1440. The number of amides is 1. The Kier molecular flexibility index (Phi) is 5.51. The Morgan fingerprint density at radius 2 is 1.71 bits per heavy atom. The van der Waals surface area contributed by atoms with Gasteiger partial charge in [-0.2, -0.15) is 0 Å². The van der Waals surface area contributed by atoms with Gasteiger partial charge in [-0.15, -0.1) is 0 Å². The Morgan fingerprint density at radius 1 is 0.971 bits per heavy atom. The zero-order valence-corrected chi connectivity index (χ0v) is 19.2. The van der Waals surface area contributed by atoms with E-state index >= 15 is 0 Å². The van der Waals surface area contributed by atoms with Crippen LogP contribution in [-0.4, -0.2) is 36.0 Å². The molecule has 0 radical (unpaired) electrons. The van der Waals surface area contributed by atoms with Crippen LogP contribution in [0, 0.1) is 0 Å². The van der Waals surface area contributed by atoms with E-state index < -0.39 is 17.7 Å². The number of ether oxygens (including phenoxy) is 2. The van der Waals surface area contributed by atoms with Crippen molar-refractivity contribution in [3.63, 3.8) is 0 Å². The van der Waals surface area contributed by atoms with Gasteiger partial charge in [0.25, 0.3) is 5.78 Å². The molecule has 34 heavy (non-hydrogen) atoms. The normalized spacial score (nSPS) is 17.4. The molecule has 170 valence electrons. The summed E-state index contributed by atoms with van der Waals surface area (Å²) >= 11 is 1.27. The highest BCUT2D eigenvalue weighted by atomic mass is 32.1. The minimum Gasteiger partial charge on any atom is -0.507 e. The summed E-state index contributed by atoms with van der Waals surface area (Å²) in [6.45, 7) is 0. The molecule has 0 spiro atoms. The molecule has 8 heteroatoms. The molecule has 1 aliphatic rings. The van der Waals surface area contributed by atoms with Gasteiger partial charge < -0.3 is 14.6 Å². The molecule has 1 N–H and O–H groups in total. The number of methoxy groups -OCH3 is 2. The minimum atomic E-state index is -0.918. The van der Waals surface area contributed by atoms with Crippen molar-refractivity contribution >= 4 is 44.1 Å². The van der Waals surface area contributed by atoms with Crippen LogP contribution in [0.4, 0.5) is 5.13 Å². The lowest BCUT2D eigenvalue weighted by Gasteiger charge is -2.24. The number of carbonyl (C=O) groups excluding carboxylic acids is 2. The predicted molar refractivity (Wildman–Crippen MR) is 130 cm³/mol. The first-order valence-electron chi connectivity index (χ1n) is 10.5. The molecule has 4 aromatic rings. The van der Waals surface area contributed by atoms with Crippen LogP contribution < -0.4 is 14.4 Å². The summed E-state index contributed by atoms with van der Waals surface area (Å²) in [5.74, 6) is -0.648. The monoisotopic (exact) mass is 472 g/mol. The smallest absolute Gasteiger partial charge is 0.301 e. The molecule has 1 aromatic heterocycles. The fourth-order valence-corrected chi connectivity index (χ4v) is 5.11. The second kappa shape index (κ2) is 8.64. The molecular weight excluding hydrogens is 452 g/mol. The van der Waals surface area contributed by atoms with E-state index in [0.717, 1.165) is 4.70 Å². The average molecular weight is 473 g/mol. The highest BCUT2D eigenvalue weighted by molar-refractivity contribution is 7.22. The molecule has 0 bridgehead atoms. The van der Waals surface area contributed by atoms with Crippen molar-refractivity contribution in [1.29, 1.82) is 0 Å². The maximum absolute atomic E-state index is 13.4. The predicted octanol–water partition coefficient (Wildman–Crippen LogP) is 4.94. The number of aliphatic hydroxyl groups excluding tert-OH is 1. The van der Waals surface area contributed by atoms with Crippen molar-refractivity contribution in [3.05, 3.63) is 89.5 Å². The Labute approximate surface area is 199 Å². The quantitative estimate of drug-likeness (QED) is 0.251. The third kappa shape index (κ3) is 3.48. The summed E-state index contributed by atoms with van der Waals surface area (Å²) in [6, 6.07) is 20.3. The lowest BCUT2D eigenvalue weighted by Crippen LogP contribution is -2.29. The van der Waals surface area contributed by atoms with Crippen molar-refractivity contribution in [2.24, 2.45) is 0 Å². The lowest BCUT2D eigenvalue weighted by molar-refractivity contribution is -0.132. The minimum absolute atomic E-state index is 0.0162. The number of benzene rings is 3. The molecule has 2 heterocycles. The van der Waals surface area contributed by atoms with Gasteiger partial charge in [0.15, 0.2) is 5.13 Å². The number of fused-ring (bicyclic) bond motifs is 1. The fraction of sp³-hybridized carbons (Fsp3) is 0.115. The number of thiazole rings is 1. The van der Waals surface area contributed by atoms with E-state index in [2.05, 4.69) is 4.98 Å². The number of Topliss-reactive ketones (excluding diaryl/α,β-unsaturated/α-hetero) is 1. The van der Waals surface area contributed by atoms with Gasteiger partial charge in [0.05, 0.1) is 30.0 Å². The van der Waals surface area contributed by atoms with E-state index in [1.54, 1.807) is 67.8 Å². The molecule has 1 aliphatic heterocycles. The first kappa shape index (κ1) is 21.7. The molecule has 5 rings (SSSR count). The number of para-hydroxylation sites is 1. The van der Waals surface area contributed by atoms with Gasteiger partial charge in [-0.05, 0) is 24.3 Å². The van der Waals surface area contributed by atoms with Gasteiger partial charge >= 0.3 is 5.91 Å². The van der Waals surface area contributed by atoms with Crippen LogP contribution in [-0.2, 0) is 9.59 Å². The molecule has 1 amide bonds. The van der Waals surface area contributed by atoms with Gasteiger partial charge in [-0.25, -0.2) is 4.98 Å². The Morgan fingerprint density at radius 3 is 2.44 bits per heavy atom. The zero-order valence-electron chi connectivity index (χ0n) is 18.4. The number of ketones is 1. The van der Waals surface area contributed by atoms with Crippen LogP contribution in [0.2, 0.25) is 0 Å². The second-order valence-corrected chi connectivity index (χ2v) is 8.62. The number of aromatic nitrogens is 1. The molecule has 1 saturated heterocycles. The topological polar surface area (TPSA) is 89.0 Å². The molecule has 0 saturated carbocycles. The average Bonchev–Trinajstić information content (AvgIpc) is 3.41. The van der Waals surface area contributed by atoms with Crippen molar-refractivity contribution in [2.45, 2.75) is 6.04 Å². The van der Waals surface area contributed by atoms with E-state index in [4.69, 9.17) is 9.47 Å². The summed E-state index contributed by atoms with van der Waals surface area (Å²) in [7, 11) is 3.10. The summed E-state index contributed by atoms with van der Waals surface area (Å²) in [6.07, 6.45) is 0. The number of rotatable bonds is 5. The number of anilines is 1. The highest BCUT2D eigenvalue weighted by Gasteiger charge is 2.49. The number of hydrogen-bond donors (Lipinski definition) is 1. The first-order valence-corrected chi connectivity index (χ1v) is 11.3. The molecular formula is C26H20N2O5S. The van der Waals surface area contributed by atoms with Gasteiger partial charge in [0.2, 0.25) is 0 Å². The molecule has 0 aliphatic carbocycles. The summed E-state index contributed by atoms with van der Waals surface area (Å²) < 4.78 is 11.7. The standard InChI is InChI=1S/C26H20N2O5S/c1-32-16-12-13-18-20(14-16)34-26(27-18)28-22(17-10-6-7-11-19(17)33-2)21(24(30)25(28)31)23(29)15-8-4-3-5-9-15/h3-14,22,29H,1-2H3/t22-/m0/s1. The van der Waals surface area contributed by atoms with Gasteiger partial charge in [-0.1, -0.05) is 59.9 Å². The SMILES string of the molecule is COc1ccc2nc(N3C(=O)C(=O)C(=C(O)c4ccccc4)[C@@H]3c3ccccc3OC)sc2c1. The van der Waals surface area contributed by atoms with Crippen LogP contribution in [0.5, 0.6) is 11.5 Å². The second-order valence-electron chi connectivity index (χ2n) is 7.61. The van der Waals surface area contributed by atoms with Crippen LogP contribution in [0.15, 0.2) is 78.4 Å². The molecule has 7 nitrogen and oxygen atoms in total. The van der Waals surface area contributed by atoms with Gasteiger partial charge in [-0.3, -0.25) is 14.5 Å². The summed E-state index contributed by atoms with van der Waals surface area (Å²) in [4.78, 5) is 32.6. The van der Waals surface area contributed by atoms with E-state index in [9.17, 15) is 14.7 Å². The molecule has 1 fully saturated rings. The third-order valence-corrected chi connectivity index (χ3v) is 6.73. The fourth-order valence-electron chi connectivity index (χ4n) is 4.09.